The normalized spacial score (nSPS) is 14.5. The molecule has 0 unspecified atom stereocenters. The summed E-state index contributed by atoms with van der Waals surface area (Å²) < 4.78 is 34.5. The van der Waals surface area contributed by atoms with Crippen molar-refractivity contribution in [2.75, 3.05) is 24.6 Å². The Morgan fingerprint density at radius 2 is 1.76 bits per heavy atom. The summed E-state index contributed by atoms with van der Waals surface area (Å²) in [6.07, 6.45) is 8.62. The monoisotopic (exact) mass is 489 g/mol. The maximum atomic E-state index is 14.5. The van der Waals surface area contributed by atoms with E-state index in [2.05, 4.69) is 21.8 Å². The molecule has 0 radical (unpaired) electrons. The lowest BCUT2D eigenvalue weighted by Gasteiger charge is -2.32. The molecule has 1 fully saturated rings. The van der Waals surface area contributed by atoms with Crippen LogP contribution in [0.5, 0.6) is 5.75 Å². The van der Waals surface area contributed by atoms with Gasteiger partial charge in [0.25, 0.3) is 0 Å². The van der Waals surface area contributed by atoms with E-state index in [0.717, 1.165) is 80.6 Å². The van der Waals surface area contributed by atoms with E-state index in [1.165, 1.54) is 0 Å². The third kappa shape index (κ3) is 6.98. The van der Waals surface area contributed by atoms with Crippen LogP contribution in [0.3, 0.4) is 0 Å². The van der Waals surface area contributed by atoms with Gasteiger partial charge >= 0.3 is 0 Å². The Morgan fingerprint density at radius 1 is 1.15 bits per heavy atom. The number of hydrogen-bond acceptors (Lipinski definition) is 7. The van der Waals surface area contributed by atoms with E-state index in [0.29, 0.717) is 12.5 Å². The van der Waals surface area contributed by atoms with Crippen molar-refractivity contribution in [3.63, 3.8) is 0 Å². The molecule has 1 aliphatic rings. The van der Waals surface area contributed by atoms with Crippen LogP contribution in [0, 0.1) is 34.3 Å². The standard InChI is InChI=1S/C25H33F2N5OS/c1-4-17-14-30-25(31-15-17)32-9-7-18(8-10-32)6-5-11-33-19-12-20(26)22(21(27)13-19)24(29)34-23(28)16(2)3/h12-16,18,28-29H,4-11H2,1-3H3. The number of nitrogens with one attached hydrogen (secondary N) is 2. The summed E-state index contributed by atoms with van der Waals surface area (Å²) in [5.74, 6) is -0.292. The number of hydrogen-bond donors (Lipinski definition) is 2. The highest BCUT2D eigenvalue weighted by Crippen LogP contribution is 2.27. The van der Waals surface area contributed by atoms with Gasteiger partial charge in [-0.25, -0.2) is 18.7 Å². The van der Waals surface area contributed by atoms with Crippen molar-refractivity contribution in [1.29, 1.82) is 10.8 Å². The number of anilines is 1. The number of thioether (sulfide) groups is 1. The van der Waals surface area contributed by atoms with Gasteiger partial charge in [0, 0.05) is 43.5 Å². The third-order valence-electron chi connectivity index (χ3n) is 6.00. The van der Waals surface area contributed by atoms with Crippen molar-refractivity contribution in [3.05, 3.63) is 47.3 Å². The molecule has 0 aliphatic carbocycles. The predicted molar refractivity (Wildman–Crippen MR) is 134 cm³/mol. The van der Waals surface area contributed by atoms with Gasteiger partial charge in [-0.1, -0.05) is 32.5 Å². The summed E-state index contributed by atoms with van der Waals surface area (Å²) in [4.78, 5) is 11.2. The molecule has 9 heteroatoms. The summed E-state index contributed by atoms with van der Waals surface area (Å²) in [5, 5.41) is 15.7. The van der Waals surface area contributed by atoms with Gasteiger partial charge in [-0.3, -0.25) is 10.8 Å². The maximum absolute atomic E-state index is 14.5. The summed E-state index contributed by atoms with van der Waals surface area (Å²) in [5.41, 5.74) is 0.722. The predicted octanol–water partition coefficient (Wildman–Crippen LogP) is 6.08. The zero-order valence-electron chi connectivity index (χ0n) is 20.0. The van der Waals surface area contributed by atoms with Gasteiger partial charge in [0.2, 0.25) is 5.95 Å². The summed E-state index contributed by atoms with van der Waals surface area (Å²) in [7, 11) is 0. The molecular weight excluding hydrogens is 456 g/mol. The van der Waals surface area contributed by atoms with Crippen molar-refractivity contribution >= 4 is 27.8 Å². The van der Waals surface area contributed by atoms with Crippen LogP contribution < -0.4 is 9.64 Å². The van der Waals surface area contributed by atoms with E-state index in [1.54, 1.807) is 13.8 Å². The smallest absolute Gasteiger partial charge is 0.225 e. The minimum absolute atomic E-state index is 0.105. The number of piperidine rings is 1. The zero-order chi connectivity index (χ0) is 24.7. The van der Waals surface area contributed by atoms with Crippen LogP contribution >= 0.6 is 11.8 Å². The zero-order valence-corrected chi connectivity index (χ0v) is 20.9. The average molecular weight is 490 g/mol. The minimum atomic E-state index is -0.842. The number of ether oxygens (including phenoxy) is 1. The fourth-order valence-electron chi connectivity index (χ4n) is 3.81. The Morgan fingerprint density at radius 3 is 2.32 bits per heavy atom. The lowest BCUT2D eigenvalue weighted by molar-refractivity contribution is 0.277. The average Bonchev–Trinajstić information content (AvgIpc) is 2.82. The molecule has 1 aliphatic heterocycles. The molecule has 2 heterocycles. The highest BCUT2D eigenvalue weighted by Gasteiger charge is 2.21. The van der Waals surface area contributed by atoms with Crippen LogP contribution in [-0.2, 0) is 6.42 Å². The molecule has 34 heavy (non-hydrogen) atoms. The molecular formula is C25H33F2N5OS. The van der Waals surface area contributed by atoms with Crippen LogP contribution in [0.15, 0.2) is 24.5 Å². The molecule has 0 amide bonds. The van der Waals surface area contributed by atoms with Gasteiger partial charge in [0.15, 0.2) is 0 Å². The van der Waals surface area contributed by atoms with Crippen LogP contribution in [-0.4, -0.2) is 39.8 Å². The van der Waals surface area contributed by atoms with E-state index in [9.17, 15) is 8.78 Å². The van der Waals surface area contributed by atoms with Crippen LogP contribution in [0.25, 0.3) is 0 Å². The lowest BCUT2D eigenvalue weighted by atomic mass is 9.92. The second kappa shape index (κ2) is 12.2. The van der Waals surface area contributed by atoms with Gasteiger partial charge in [-0.05, 0) is 43.6 Å². The summed E-state index contributed by atoms with van der Waals surface area (Å²) in [6, 6.07) is 2.24. The molecule has 6 nitrogen and oxygen atoms in total. The SMILES string of the molecule is CCc1cnc(N2CCC(CCCOc3cc(F)c(C(=N)SC(=N)C(C)C)c(F)c3)CC2)nc1. The molecule has 3 rings (SSSR count). The largest absolute Gasteiger partial charge is 0.493 e. The molecule has 1 aromatic carbocycles. The first-order chi connectivity index (χ1) is 16.3. The first-order valence-electron chi connectivity index (χ1n) is 11.8. The molecule has 0 bridgehead atoms. The second-order valence-corrected chi connectivity index (χ2v) is 9.93. The number of benzene rings is 1. The highest BCUT2D eigenvalue weighted by molar-refractivity contribution is 8.26. The molecule has 0 saturated carbocycles. The Labute approximate surface area is 204 Å². The Bertz CT molecular complexity index is 968. The number of nitrogens with zero attached hydrogens (tertiary/aromatic N) is 3. The molecule has 0 spiro atoms. The van der Waals surface area contributed by atoms with Gasteiger partial charge < -0.3 is 9.64 Å². The Hall–Kier alpha value is -2.55. The van der Waals surface area contributed by atoms with E-state index in [1.807, 2.05) is 12.4 Å². The fourth-order valence-corrected chi connectivity index (χ4v) is 4.56. The van der Waals surface area contributed by atoms with Crippen molar-refractivity contribution in [3.8, 4) is 5.75 Å². The van der Waals surface area contributed by atoms with Crippen molar-refractivity contribution in [2.24, 2.45) is 11.8 Å². The third-order valence-corrected chi connectivity index (χ3v) is 7.10. The van der Waals surface area contributed by atoms with Crippen molar-refractivity contribution in [2.45, 2.75) is 52.9 Å². The fraction of sp³-hybridized carbons (Fsp3) is 0.520. The molecule has 2 N–H and O–H groups in total. The highest BCUT2D eigenvalue weighted by atomic mass is 32.2. The number of aryl methyl sites for hydroxylation is 1. The van der Waals surface area contributed by atoms with Gasteiger partial charge in [0.05, 0.1) is 17.2 Å². The molecule has 1 saturated heterocycles. The van der Waals surface area contributed by atoms with Crippen LogP contribution in [0.2, 0.25) is 0 Å². The van der Waals surface area contributed by atoms with E-state index in [4.69, 9.17) is 15.6 Å². The first kappa shape index (κ1) is 26.1. The summed E-state index contributed by atoms with van der Waals surface area (Å²) >= 11 is 0.767. The topological polar surface area (TPSA) is 86.0 Å². The maximum Gasteiger partial charge on any atom is 0.225 e. The van der Waals surface area contributed by atoms with E-state index in [-0.39, 0.29) is 21.8 Å². The quantitative estimate of drug-likeness (QED) is 0.253. The molecule has 184 valence electrons. The number of halogens is 2. The molecule has 0 atom stereocenters. The molecule has 2 aromatic rings. The van der Waals surface area contributed by atoms with Crippen LogP contribution in [0.1, 0.15) is 57.6 Å². The van der Waals surface area contributed by atoms with Crippen molar-refractivity contribution in [1.82, 2.24) is 9.97 Å². The Kier molecular flexibility index (Phi) is 9.38. The summed E-state index contributed by atoms with van der Waals surface area (Å²) in [6.45, 7) is 7.91. The van der Waals surface area contributed by atoms with Crippen LogP contribution in [0.4, 0.5) is 14.7 Å². The van der Waals surface area contributed by atoms with E-state index < -0.39 is 17.2 Å². The van der Waals surface area contributed by atoms with E-state index >= 15 is 0 Å². The van der Waals surface area contributed by atoms with Gasteiger partial charge in [-0.15, -0.1) is 0 Å². The number of aromatic nitrogens is 2. The van der Waals surface area contributed by atoms with Crippen molar-refractivity contribution < 1.29 is 13.5 Å². The van der Waals surface area contributed by atoms with Gasteiger partial charge in [0.1, 0.15) is 22.4 Å². The first-order valence-corrected chi connectivity index (χ1v) is 12.6. The number of rotatable bonds is 9. The second-order valence-electron chi connectivity index (χ2n) is 8.88. The molecule has 1 aromatic heterocycles. The lowest BCUT2D eigenvalue weighted by Crippen LogP contribution is -2.35. The Balaban J connectivity index is 1.42. The van der Waals surface area contributed by atoms with Gasteiger partial charge in [-0.2, -0.15) is 0 Å². The minimum Gasteiger partial charge on any atom is -0.493 e.